The summed E-state index contributed by atoms with van der Waals surface area (Å²) in [5.41, 5.74) is 0. The van der Waals surface area contributed by atoms with Crippen molar-refractivity contribution in [3.63, 3.8) is 0 Å². The average Bonchev–Trinajstić information content (AvgIpc) is 2.51. The third kappa shape index (κ3) is 1.79. The number of carbonyl (C=O) groups excluding carboxylic acids is 1. The molecular weight excluding hydrogens is 206 g/mol. The molecule has 0 radical (unpaired) electrons. The monoisotopic (exact) mass is 215 g/mol. The van der Waals surface area contributed by atoms with Gasteiger partial charge in [-0.2, -0.15) is 0 Å². The van der Waals surface area contributed by atoms with Crippen molar-refractivity contribution in [2.75, 3.05) is 11.5 Å². The molecule has 1 fully saturated rings. The maximum absolute atomic E-state index is 11.3. The van der Waals surface area contributed by atoms with Crippen molar-refractivity contribution in [2.24, 2.45) is 0 Å². The predicted molar refractivity (Wildman–Crippen MR) is 48.6 cm³/mol. The zero-order valence-corrected chi connectivity index (χ0v) is 8.08. The second-order valence-corrected chi connectivity index (χ2v) is 5.38. The lowest BCUT2D eigenvalue weighted by Gasteiger charge is -2.25. The molecule has 0 saturated carbocycles. The Labute approximate surface area is 81.0 Å². The minimum Gasteiger partial charge on any atom is -0.459 e. The zero-order chi connectivity index (χ0) is 10.2. The first kappa shape index (κ1) is 9.26. The number of hydrogen-bond acceptors (Lipinski definition) is 4. The van der Waals surface area contributed by atoms with Gasteiger partial charge in [0.2, 0.25) is 0 Å². The molecule has 2 rings (SSSR count). The lowest BCUT2D eigenvalue weighted by molar-refractivity contribution is 0.0914. The summed E-state index contributed by atoms with van der Waals surface area (Å²) in [5.74, 6) is -0.108. The van der Waals surface area contributed by atoms with Crippen LogP contribution in [-0.4, -0.2) is 31.9 Å². The molecule has 0 atom stereocenters. The van der Waals surface area contributed by atoms with E-state index in [9.17, 15) is 13.2 Å². The van der Waals surface area contributed by atoms with Crippen molar-refractivity contribution >= 4 is 15.7 Å². The van der Waals surface area contributed by atoms with E-state index >= 15 is 0 Å². The molecule has 0 bridgehead atoms. The fourth-order valence-electron chi connectivity index (χ4n) is 1.31. The van der Waals surface area contributed by atoms with Crippen molar-refractivity contribution in [3.05, 3.63) is 24.2 Å². The largest absolute Gasteiger partial charge is 0.459 e. The number of rotatable bonds is 2. The van der Waals surface area contributed by atoms with Crippen LogP contribution in [0.3, 0.4) is 0 Å². The number of furan rings is 1. The molecule has 6 heteroatoms. The minimum atomic E-state index is -2.89. The summed E-state index contributed by atoms with van der Waals surface area (Å²) in [5, 5.41) is 2.56. The quantitative estimate of drug-likeness (QED) is 0.741. The van der Waals surface area contributed by atoms with Gasteiger partial charge in [-0.05, 0) is 12.1 Å². The molecule has 1 N–H and O–H groups in total. The Morgan fingerprint density at radius 1 is 1.50 bits per heavy atom. The van der Waals surface area contributed by atoms with Gasteiger partial charge in [-0.25, -0.2) is 8.42 Å². The summed E-state index contributed by atoms with van der Waals surface area (Å²) in [7, 11) is -2.89. The van der Waals surface area contributed by atoms with Gasteiger partial charge < -0.3 is 9.73 Å². The predicted octanol–water partition coefficient (Wildman–Crippen LogP) is -0.194. The molecule has 0 aromatic carbocycles. The zero-order valence-electron chi connectivity index (χ0n) is 7.26. The lowest BCUT2D eigenvalue weighted by Crippen LogP contribution is -2.52. The van der Waals surface area contributed by atoms with E-state index in [0.717, 1.165) is 0 Å². The van der Waals surface area contributed by atoms with Crippen LogP contribution in [0.15, 0.2) is 22.8 Å². The normalized spacial score (nSPS) is 20.0. The van der Waals surface area contributed by atoms with Gasteiger partial charge in [-0.15, -0.1) is 0 Å². The highest BCUT2D eigenvalue weighted by atomic mass is 32.2. The first-order valence-electron chi connectivity index (χ1n) is 4.12. The van der Waals surface area contributed by atoms with Crippen LogP contribution in [0.5, 0.6) is 0 Å². The fourth-order valence-corrected chi connectivity index (χ4v) is 2.61. The Morgan fingerprint density at radius 3 is 2.71 bits per heavy atom. The molecule has 0 spiro atoms. The van der Waals surface area contributed by atoms with E-state index in [1.165, 1.54) is 12.3 Å². The van der Waals surface area contributed by atoms with Gasteiger partial charge in [0.15, 0.2) is 15.6 Å². The van der Waals surface area contributed by atoms with Crippen LogP contribution in [0.1, 0.15) is 10.6 Å². The van der Waals surface area contributed by atoms with Gasteiger partial charge in [0.05, 0.1) is 23.8 Å². The van der Waals surface area contributed by atoms with Crippen LogP contribution in [-0.2, 0) is 9.84 Å². The Balaban J connectivity index is 1.92. The molecule has 5 nitrogen and oxygen atoms in total. The first-order chi connectivity index (χ1) is 6.57. The minimum absolute atomic E-state index is 0.0272. The third-order valence-corrected chi connectivity index (χ3v) is 3.81. The topological polar surface area (TPSA) is 76.4 Å². The second-order valence-electron chi connectivity index (χ2n) is 3.22. The molecule has 76 valence electrons. The van der Waals surface area contributed by atoms with E-state index in [2.05, 4.69) is 5.32 Å². The summed E-state index contributed by atoms with van der Waals surface area (Å²) in [4.78, 5) is 11.3. The highest BCUT2D eigenvalue weighted by Crippen LogP contribution is 2.11. The molecular formula is C8H9NO4S. The van der Waals surface area contributed by atoms with Crippen molar-refractivity contribution in [2.45, 2.75) is 6.04 Å². The number of amides is 1. The average molecular weight is 215 g/mol. The maximum atomic E-state index is 11.3. The Morgan fingerprint density at radius 2 is 2.21 bits per heavy atom. The van der Waals surface area contributed by atoms with Crippen LogP contribution >= 0.6 is 0 Å². The molecule has 1 aromatic rings. The SMILES string of the molecule is O=C(NC1CS(=O)(=O)C1)c1ccco1. The molecule has 1 amide bonds. The fraction of sp³-hybridized carbons (Fsp3) is 0.375. The van der Waals surface area contributed by atoms with Crippen LogP contribution < -0.4 is 5.32 Å². The van der Waals surface area contributed by atoms with Gasteiger partial charge in [-0.3, -0.25) is 4.79 Å². The molecule has 14 heavy (non-hydrogen) atoms. The van der Waals surface area contributed by atoms with Gasteiger partial charge in [-0.1, -0.05) is 0 Å². The van der Waals surface area contributed by atoms with Gasteiger partial charge in [0, 0.05) is 0 Å². The van der Waals surface area contributed by atoms with Crippen molar-refractivity contribution in [1.82, 2.24) is 5.32 Å². The van der Waals surface area contributed by atoms with E-state index in [4.69, 9.17) is 4.42 Å². The smallest absolute Gasteiger partial charge is 0.287 e. The summed E-state index contributed by atoms with van der Waals surface area (Å²) in [6.45, 7) is 0. The lowest BCUT2D eigenvalue weighted by atomic mass is 10.3. The van der Waals surface area contributed by atoms with Crippen molar-refractivity contribution in [3.8, 4) is 0 Å². The van der Waals surface area contributed by atoms with Crippen LogP contribution in [0, 0.1) is 0 Å². The van der Waals surface area contributed by atoms with E-state index in [1.54, 1.807) is 6.07 Å². The number of carbonyl (C=O) groups is 1. The van der Waals surface area contributed by atoms with Gasteiger partial charge in [0.25, 0.3) is 5.91 Å². The Hall–Kier alpha value is -1.30. The Kier molecular flexibility index (Phi) is 2.07. The maximum Gasteiger partial charge on any atom is 0.287 e. The van der Waals surface area contributed by atoms with Crippen molar-refractivity contribution < 1.29 is 17.6 Å². The van der Waals surface area contributed by atoms with Crippen LogP contribution in [0.25, 0.3) is 0 Å². The third-order valence-electron chi connectivity index (χ3n) is 1.99. The molecule has 0 unspecified atom stereocenters. The first-order valence-corrected chi connectivity index (χ1v) is 5.94. The van der Waals surface area contributed by atoms with Crippen LogP contribution in [0.4, 0.5) is 0 Å². The highest BCUT2D eigenvalue weighted by molar-refractivity contribution is 7.92. The highest BCUT2D eigenvalue weighted by Gasteiger charge is 2.34. The molecule has 1 saturated heterocycles. The summed E-state index contributed by atoms with van der Waals surface area (Å²) in [6, 6.07) is 2.87. The van der Waals surface area contributed by atoms with Gasteiger partial charge in [0.1, 0.15) is 0 Å². The van der Waals surface area contributed by atoms with E-state index in [0.29, 0.717) is 0 Å². The Bertz CT molecular complexity index is 422. The second kappa shape index (κ2) is 3.13. The number of nitrogens with one attached hydrogen (secondary N) is 1. The molecule has 1 aliphatic heterocycles. The molecule has 1 aromatic heterocycles. The van der Waals surface area contributed by atoms with Gasteiger partial charge >= 0.3 is 0 Å². The van der Waals surface area contributed by atoms with Crippen molar-refractivity contribution in [1.29, 1.82) is 0 Å². The van der Waals surface area contributed by atoms with E-state index in [1.807, 2.05) is 0 Å². The summed E-state index contributed by atoms with van der Waals surface area (Å²) < 4.78 is 26.4. The molecule has 1 aliphatic rings. The standard InChI is InChI=1S/C8H9NO4S/c10-8(7-2-1-3-13-7)9-6-4-14(11,12)5-6/h1-3,6H,4-5H2,(H,9,10). The molecule has 0 aliphatic carbocycles. The number of hydrogen-bond donors (Lipinski definition) is 1. The molecule has 2 heterocycles. The summed E-state index contributed by atoms with van der Waals surface area (Å²) >= 11 is 0. The number of sulfone groups is 1. The van der Waals surface area contributed by atoms with Crippen LogP contribution in [0.2, 0.25) is 0 Å². The van der Waals surface area contributed by atoms with E-state index < -0.39 is 9.84 Å². The summed E-state index contributed by atoms with van der Waals surface area (Å²) in [6.07, 6.45) is 1.40. The van der Waals surface area contributed by atoms with E-state index in [-0.39, 0.29) is 29.2 Å².